The van der Waals surface area contributed by atoms with Gasteiger partial charge in [0.25, 0.3) is 0 Å². The van der Waals surface area contributed by atoms with E-state index in [1.165, 1.54) is 18.0 Å². The average molecular weight is 374 g/mol. The zero-order valence-corrected chi connectivity index (χ0v) is 14.9. The third-order valence-electron chi connectivity index (χ3n) is 3.86. The van der Waals surface area contributed by atoms with Gasteiger partial charge < -0.3 is 10.3 Å². The van der Waals surface area contributed by atoms with Crippen molar-refractivity contribution in [3.63, 3.8) is 0 Å². The fourth-order valence-electron chi connectivity index (χ4n) is 2.62. The summed E-state index contributed by atoms with van der Waals surface area (Å²) in [5.74, 6) is 0.276. The van der Waals surface area contributed by atoms with Crippen LogP contribution in [0.3, 0.4) is 0 Å². The topological polar surface area (TPSA) is 99.4 Å². The summed E-state index contributed by atoms with van der Waals surface area (Å²) in [6.45, 7) is 0. The predicted molar refractivity (Wildman–Crippen MR) is 104 cm³/mol. The lowest BCUT2D eigenvalue weighted by Crippen LogP contribution is -2.17. The number of para-hydroxylation sites is 3. The summed E-state index contributed by atoms with van der Waals surface area (Å²) >= 11 is 1.30. The Hall–Kier alpha value is -3.57. The van der Waals surface area contributed by atoms with Gasteiger partial charge >= 0.3 is 0 Å². The van der Waals surface area contributed by atoms with Gasteiger partial charge in [-0.25, -0.2) is 9.67 Å². The van der Waals surface area contributed by atoms with Crippen molar-refractivity contribution in [2.45, 2.75) is 5.16 Å². The number of aromatic amines is 1. The molecule has 0 aliphatic carbocycles. The molecule has 7 nitrogen and oxygen atoms in total. The number of nitriles is 1. The van der Waals surface area contributed by atoms with Crippen molar-refractivity contribution in [1.82, 2.24) is 19.7 Å². The van der Waals surface area contributed by atoms with Crippen molar-refractivity contribution in [2.75, 3.05) is 11.1 Å². The second kappa shape index (κ2) is 7.35. The molecule has 0 spiro atoms. The van der Waals surface area contributed by atoms with E-state index in [0.717, 1.165) is 16.7 Å². The number of nitrogens with one attached hydrogen (secondary N) is 2. The Bertz CT molecular complexity index is 1110. The number of anilines is 1. The first-order chi connectivity index (χ1) is 13.2. The Morgan fingerprint density at radius 3 is 2.74 bits per heavy atom. The lowest BCUT2D eigenvalue weighted by molar-refractivity contribution is -0.113. The highest BCUT2D eigenvalue weighted by Gasteiger charge is 2.15. The lowest BCUT2D eigenvalue weighted by atomic mass is 10.3. The average Bonchev–Trinajstić information content (AvgIpc) is 3.30. The van der Waals surface area contributed by atoms with Gasteiger partial charge in [0, 0.05) is 0 Å². The molecular formula is C19H14N6OS. The van der Waals surface area contributed by atoms with E-state index in [4.69, 9.17) is 0 Å². The first-order valence-corrected chi connectivity index (χ1v) is 9.14. The maximum Gasteiger partial charge on any atom is 0.236 e. The predicted octanol–water partition coefficient (Wildman–Crippen LogP) is 3.35. The summed E-state index contributed by atoms with van der Waals surface area (Å²) < 4.78 is 1.54. The fraction of sp³-hybridized carbons (Fsp3) is 0.0526. The van der Waals surface area contributed by atoms with E-state index < -0.39 is 0 Å². The van der Waals surface area contributed by atoms with E-state index in [1.807, 2.05) is 54.6 Å². The SMILES string of the molecule is N#Cc1cnn(-c2ccccc2)c1NC(=O)CSc1nc2ccccc2[nH]1. The standard InChI is InChI=1S/C19H14N6OS/c20-10-13-11-21-25(14-6-2-1-3-7-14)18(13)24-17(26)12-27-19-22-15-8-4-5-9-16(15)23-19/h1-9,11H,12H2,(H,22,23)(H,24,26). The second-order valence-corrected chi connectivity index (χ2v) is 6.63. The maximum atomic E-state index is 12.4. The first kappa shape index (κ1) is 16.9. The molecule has 1 amide bonds. The Morgan fingerprint density at radius 1 is 1.19 bits per heavy atom. The third kappa shape index (κ3) is 3.54. The number of imidazole rings is 1. The number of benzene rings is 2. The molecule has 8 heteroatoms. The van der Waals surface area contributed by atoms with Crippen LogP contribution in [0.2, 0.25) is 0 Å². The van der Waals surface area contributed by atoms with E-state index in [-0.39, 0.29) is 11.7 Å². The minimum absolute atomic E-state index is 0.157. The molecule has 0 radical (unpaired) electrons. The monoisotopic (exact) mass is 374 g/mol. The molecule has 0 aliphatic rings. The van der Waals surface area contributed by atoms with Gasteiger partial charge in [0.2, 0.25) is 5.91 Å². The van der Waals surface area contributed by atoms with Gasteiger partial charge in [-0.1, -0.05) is 42.1 Å². The van der Waals surface area contributed by atoms with Crippen LogP contribution in [-0.2, 0) is 4.79 Å². The zero-order valence-electron chi connectivity index (χ0n) is 14.1. The number of aromatic nitrogens is 4. The van der Waals surface area contributed by atoms with Crippen LogP contribution in [0.15, 0.2) is 66.0 Å². The quantitative estimate of drug-likeness (QED) is 0.522. The highest BCUT2D eigenvalue weighted by Crippen LogP contribution is 2.22. The number of hydrogen-bond acceptors (Lipinski definition) is 5. The normalized spacial score (nSPS) is 10.6. The molecule has 132 valence electrons. The van der Waals surface area contributed by atoms with Crippen LogP contribution in [0, 0.1) is 11.3 Å². The number of carbonyl (C=O) groups is 1. The number of hydrogen-bond donors (Lipinski definition) is 2. The molecule has 0 unspecified atom stereocenters. The minimum Gasteiger partial charge on any atom is -0.333 e. The number of H-pyrrole nitrogens is 1. The molecular weight excluding hydrogens is 360 g/mol. The summed E-state index contributed by atoms with van der Waals surface area (Å²) in [7, 11) is 0. The summed E-state index contributed by atoms with van der Waals surface area (Å²) in [5.41, 5.74) is 2.85. The van der Waals surface area contributed by atoms with Crippen LogP contribution in [0.1, 0.15) is 5.56 Å². The molecule has 0 fully saturated rings. The van der Waals surface area contributed by atoms with Crippen LogP contribution in [0.5, 0.6) is 0 Å². The van der Waals surface area contributed by atoms with Crippen LogP contribution in [-0.4, -0.2) is 31.4 Å². The number of thioether (sulfide) groups is 1. The molecule has 27 heavy (non-hydrogen) atoms. The van der Waals surface area contributed by atoms with Crippen molar-refractivity contribution >= 4 is 34.5 Å². The molecule has 4 rings (SSSR count). The van der Waals surface area contributed by atoms with Gasteiger partial charge in [0.1, 0.15) is 11.6 Å². The molecule has 4 aromatic rings. The summed E-state index contributed by atoms with van der Waals surface area (Å²) in [4.78, 5) is 20.0. The van der Waals surface area contributed by atoms with E-state index in [0.29, 0.717) is 16.5 Å². The summed E-state index contributed by atoms with van der Waals surface area (Å²) in [6, 6.07) is 19.1. The fourth-order valence-corrected chi connectivity index (χ4v) is 3.30. The highest BCUT2D eigenvalue weighted by molar-refractivity contribution is 7.99. The van der Waals surface area contributed by atoms with Gasteiger partial charge in [-0.05, 0) is 24.3 Å². The largest absolute Gasteiger partial charge is 0.333 e. The van der Waals surface area contributed by atoms with Gasteiger partial charge in [-0.2, -0.15) is 10.4 Å². The van der Waals surface area contributed by atoms with E-state index in [2.05, 4.69) is 26.5 Å². The molecule has 2 aromatic carbocycles. The molecule has 0 saturated heterocycles. The number of carbonyl (C=O) groups excluding carboxylic acids is 1. The van der Waals surface area contributed by atoms with Gasteiger partial charge in [0.15, 0.2) is 11.0 Å². The number of rotatable bonds is 5. The molecule has 2 N–H and O–H groups in total. The summed E-state index contributed by atoms with van der Waals surface area (Å²) in [5, 5.41) is 17.0. The van der Waals surface area contributed by atoms with Crippen LogP contribution >= 0.6 is 11.8 Å². The maximum absolute atomic E-state index is 12.4. The van der Waals surface area contributed by atoms with Crippen LogP contribution in [0.25, 0.3) is 16.7 Å². The van der Waals surface area contributed by atoms with Crippen molar-refractivity contribution in [3.8, 4) is 11.8 Å². The Balaban J connectivity index is 1.49. The molecule has 0 bridgehead atoms. The number of fused-ring (bicyclic) bond motifs is 1. The van der Waals surface area contributed by atoms with E-state index >= 15 is 0 Å². The Morgan fingerprint density at radius 2 is 1.96 bits per heavy atom. The Labute approximate surface area is 159 Å². The summed E-state index contributed by atoms with van der Waals surface area (Å²) in [6.07, 6.45) is 1.44. The lowest BCUT2D eigenvalue weighted by Gasteiger charge is -2.09. The first-order valence-electron chi connectivity index (χ1n) is 8.15. The van der Waals surface area contributed by atoms with Crippen molar-refractivity contribution in [1.29, 1.82) is 5.26 Å². The van der Waals surface area contributed by atoms with Gasteiger partial charge in [-0.15, -0.1) is 0 Å². The van der Waals surface area contributed by atoms with Crippen molar-refractivity contribution in [2.24, 2.45) is 0 Å². The van der Waals surface area contributed by atoms with Crippen molar-refractivity contribution < 1.29 is 4.79 Å². The molecule has 0 aliphatic heterocycles. The van der Waals surface area contributed by atoms with E-state index in [9.17, 15) is 10.1 Å². The van der Waals surface area contributed by atoms with Crippen molar-refractivity contribution in [3.05, 3.63) is 66.4 Å². The zero-order chi connectivity index (χ0) is 18.6. The van der Waals surface area contributed by atoms with E-state index in [1.54, 1.807) is 4.68 Å². The number of amides is 1. The van der Waals surface area contributed by atoms with Gasteiger partial charge in [0.05, 0.1) is 28.7 Å². The van der Waals surface area contributed by atoms with Gasteiger partial charge in [-0.3, -0.25) is 4.79 Å². The van der Waals surface area contributed by atoms with Crippen LogP contribution in [0.4, 0.5) is 5.82 Å². The Kier molecular flexibility index (Phi) is 4.60. The molecule has 0 saturated carbocycles. The molecule has 2 aromatic heterocycles. The minimum atomic E-state index is -0.241. The number of nitrogens with zero attached hydrogens (tertiary/aromatic N) is 4. The highest BCUT2D eigenvalue weighted by atomic mass is 32.2. The third-order valence-corrected chi connectivity index (χ3v) is 4.73. The molecule has 2 heterocycles. The molecule has 0 atom stereocenters. The second-order valence-electron chi connectivity index (χ2n) is 5.66. The van der Waals surface area contributed by atoms with Crippen LogP contribution < -0.4 is 5.32 Å². The smallest absolute Gasteiger partial charge is 0.236 e.